The van der Waals surface area contributed by atoms with Crippen LogP contribution in [0.2, 0.25) is 0 Å². The van der Waals surface area contributed by atoms with Gasteiger partial charge < -0.3 is 15.0 Å². The summed E-state index contributed by atoms with van der Waals surface area (Å²) in [6.07, 6.45) is 5.41. The minimum atomic E-state index is 0.476. The zero-order valence-corrected chi connectivity index (χ0v) is 13.8. The van der Waals surface area contributed by atoms with Crippen LogP contribution in [0.4, 0.5) is 0 Å². The van der Waals surface area contributed by atoms with Gasteiger partial charge in [0, 0.05) is 38.2 Å². The van der Waals surface area contributed by atoms with Gasteiger partial charge in [-0.3, -0.25) is 9.39 Å². The molecule has 24 heavy (non-hydrogen) atoms. The summed E-state index contributed by atoms with van der Waals surface area (Å²) in [5, 5.41) is 11.9. The highest BCUT2D eigenvalue weighted by Gasteiger charge is 2.53. The van der Waals surface area contributed by atoms with Gasteiger partial charge in [0.2, 0.25) is 0 Å². The third kappa shape index (κ3) is 2.11. The maximum Gasteiger partial charge on any atom is 0.194 e. The SMILES string of the molecule is CN=C(NCc1nnc2ccccn12)N1CC2C3CCC(O3)C2C1. The van der Waals surface area contributed by atoms with Crippen LogP contribution in [0, 0.1) is 11.8 Å². The molecule has 0 aromatic carbocycles. The van der Waals surface area contributed by atoms with Gasteiger partial charge >= 0.3 is 0 Å². The Morgan fingerprint density at radius 2 is 2.04 bits per heavy atom. The first kappa shape index (κ1) is 14.2. The Morgan fingerprint density at radius 1 is 1.25 bits per heavy atom. The van der Waals surface area contributed by atoms with Crippen LogP contribution in [0.15, 0.2) is 29.4 Å². The molecule has 0 aliphatic carbocycles. The van der Waals surface area contributed by atoms with E-state index in [9.17, 15) is 0 Å². The molecule has 7 nitrogen and oxygen atoms in total. The second-order valence-corrected chi connectivity index (χ2v) is 6.97. The predicted molar refractivity (Wildman–Crippen MR) is 89.6 cm³/mol. The number of aromatic nitrogens is 3. The van der Waals surface area contributed by atoms with Crippen LogP contribution in [-0.2, 0) is 11.3 Å². The molecule has 3 aliphatic heterocycles. The number of hydrogen-bond donors (Lipinski definition) is 1. The Labute approximate surface area is 140 Å². The van der Waals surface area contributed by atoms with Gasteiger partial charge in [-0.15, -0.1) is 10.2 Å². The zero-order chi connectivity index (χ0) is 16.1. The third-order valence-corrected chi connectivity index (χ3v) is 5.75. The van der Waals surface area contributed by atoms with Crippen LogP contribution in [0.25, 0.3) is 5.65 Å². The van der Waals surface area contributed by atoms with Crippen molar-refractivity contribution in [1.82, 2.24) is 24.8 Å². The standard InChI is InChI=1S/C17H22N6O/c1-18-17(19-8-16-21-20-15-4-2-3-7-23(15)16)22-9-11-12(10-22)14-6-5-13(11)24-14/h2-4,7,11-14H,5-6,8-10H2,1H3,(H,18,19). The van der Waals surface area contributed by atoms with Crippen LogP contribution in [-0.4, -0.2) is 57.8 Å². The molecular formula is C17H22N6O. The summed E-state index contributed by atoms with van der Waals surface area (Å²) in [5.41, 5.74) is 0.869. The predicted octanol–water partition coefficient (Wildman–Crippen LogP) is 0.914. The first-order chi connectivity index (χ1) is 11.8. The Morgan fingerprint density at radius 3 is 2.79 bits per heavy atom. The molecule has 2 bridgehead atoms. The number of likely N-dealkylation sites (tertiary alicyclic amines) is 1. The van der Waals surface area contributed by atoms with Gasteiger partial charge in [-0.1, -0.05) is 6.07 Å². The molecule has 0 saturated carbocycles. The molecule has 3 aliphatic rings. The first-order valence-electron chi connectivity index (χ1n) is 8.73. The number of fused-ring (bicyclic) bond motifs is 6. The molecule has 0 amide bonds. The lowest BCUT2D eigenvalue weighted by Crippen LogP contribution is -2.41. The van der Waals surface area contributed by atoms with Crippen molar-refractivity contribution < 1.29 is 4.74 Å². The van der Waals surface area contributed by atoms with Gasteiger partial charge in [0.05, 0.1) is 18.8 Å². The van der Waals surface area contributed by atoms with E-state index in [0.29, 0.717) is 30.6 Å². The summed E-state index contributed by atoms with van der Waals surface area (Å²) in [7, 11) is 1.85. The molecule has 2 aromatic heterocycles. The number of nitrogens with one attached hydrogen (secondary N) is 1. The highest BCUT2D eigenvalue weighted by molar-refractivity contribution is 5.80. The monoisotopic (exact) mass is 326 g/mol. The molecule has 5 heterocycles. The van der Waals surface area contributed by atoms with E-state index >= 15 is 0 Å². The molecule has 126 valence electrons. The number of hydrogen-bond acceptors (Lipinski definition) is 4. The van der Waals surface area contributed by atoms with E-state index in [1.54, 1.807) is 0 Å². The fourth-order valence-electron chi connectivity index (χ4n) is 4.63. The van der Waals surface area contributed by atoms with E-state index in [0.717, 1.165) is 30.5 Å². The third-order valence-electron chi connectivity index (χ3n) is 5.75. The van der Waals surface area contributed by atoms with Crippen molar-refractivity contribution in [2.75, 3.05) is 20.1 Å². The zero-order valence-electron chi connectivity index (χ0n) is 13.8. The molecular weight excluding hydrogens is 304 g/mol. The van der Waals surface area contributed by atoms with Crippen molar-refractivity contribution >= 4 is 11.6 Å². The van der Waals surface area contributed by atoms with E-state index in [1.165, 1.54) is 12.8 Å². The van der Waals surface area contributed by atoms with Crippen molar-refractivity contribution in [2.24, 2.45) is 16.8 Å². The van der Waals surface area contributed by atoms with Crippen molar-refractivity contribution in [3.8, 4) is 0 Å². The molecule has 4 unspecified atom stereocenters. The summed E-state index contributed by atoms with van der Waals surface area (Å²) in [4.78, 5) is 6.86. The maximum atomic E-state index is 6.06. The number of nitrogens with zero attached hydrogens (tertiary/aromatic N) is 5. The van der Waals surface area contributed by atoms with E-state index in [1.807, 2.05) is 35.8 Å². The summed E-state index contributed by atoms with van der Waals surface area (Å²) >= 11 is 0. The van der Waals surface area contributed by atoms with Crippen molar-refractivity contribution in [1.29, 1.82) is 0 Å². The average Bonchev–Trinajstić information content (AvgIpc) is 3.37. The Hall–Kier alpha value is -2.15. The van der Waals surface area contributed by atoms with Gasteiger partial charge in [0.1, 0.15) is 0 Å². The van der Waals surface area contributed by atoms with E-state index in [4.69, 9.17) is 4.74 Å². The minimum Gasteiger partial charge on any atom is -0.374 e. The van der Waals surface area contributed by atoms with Gasteiger partial charge in [-0.05, 0) is 25.0 Å². The van der Waals surface area contributed by atoms with Crippen LogP contribution in [0.3, 0.4) is 0 Å². The molecule has 5 rings (SSSR count). The lowest BCUT2D eigenvalue weighted by molar-refractivity contribution is 0.0767. The Bertz CT molecular complexity index is 768. The lowest BCUT2D eigenvalue weighted by atomic mass is 9.82. The number of aliphatic imine (C=N–C) groups is 1. The molecule has 1 N–H and O–H groups in total. The molecule has 3 fully saturated rings. The fourth-order valence-corrected chi connectivity index (χ4v) is 4.63. The van der Waals surface area contributed by atoms with Crippen molar-refractivity contribution in [3.63, 3.8) is 0 Å². The highest BCUT2D eigenvalue weighted by atomic mass is 16.5. The summed E-state index contributed by atoms with van der Waals surface area (Å²) < 4.78 is 8.07. The van der Waals surface area contributed by atoms with Crippen LogP contribution in [0.1, 0.15) is 18.7 Å². The highest BCUT2D eigenvalue weighted by Crippen LogP contribution is 2.47. The molecule has 2 aromatic rings. The fraction of sp³-hybridized carbons (Fsp3) is 0.588. The number of ether oxygens (including phenoxy) is 1. The number of pyridine rings is 1. The largest absolute Gasteiger partial charge is 0.374 e. The molecule has 0 radical (unpaired) electrons. The van der Waals surface area contributed by atoms with E-state index < -0.39 is 0 Å². The van der Waals surface area contributed by atoms with Crippen LogP contribution >= 0.6 is 0 Å². The maximum absolute atomic E-state index is 6.06. The molecule has 4 atom stereocenters. The number of rotatable bonds is 2. The minimum absolute atomic E-state index is 0.476. The number of guanidine groups is 1. The molecule has 3 saturated heterocycles. The van der Waals surface area contributed by atoms with Crippen LogP contribution in [0.5, 0.6) is 0 Å². The van der Waals surface area contributed by atoms with Gasteiger partial charge in [0.15, 0.2) is 17.4 Å². The summed E-state index contributed by atoms with van der Waals surface area (Å²) in [6.45, 7) is 2.71. The average molecular weight is 326 g/mol. The normalized spacial score (nSPS) is 31.9. The van der Waals surface area contributed by atoms with E-state index in [2.05, 4.69) is 25.4 Å². The quantitative estimate of drug-likeness (QED) is 0.656. The molecule has 0 spiro atoms. The lowest BCUT2D eigenvalue weighted by Gasteiger charge is -2.23. The van der Waals surface area contributed by atoms with Crippen LogP contribution < -0.4 is 5.32 Å². The summed E-state index contributed by atoms with van der Waals surface area (Å²) in [5.74, 6) is 3.21. The molecule has 7 heteroatoms. The Balaban J connectivity index is 1.28. The first-order valence-corrected chi connectivity index (χ1v) is 8.73. The van der Waals surface area contributed by atoms with Gasteiger partial charge in [-0.25, -0.2) is 0 Å². The van der Waals surface area contributed by atoms with E-state index in [-0.39, 0.29) is 0 Å². The van der Waals surface area contributed by atoms with Gasteiger partial charge in [-0.2, -0.15) is 0 Å². The van der Waals surface area contributed by atoms with Crippen molar-refractivity contribution in [2.45, 2.75) is 31.6 Å². The van der Waals surface area contributed by atoms with Crippen molar-refractivity contribution in [3.05, 3.63) is 30.2 Å². The Kier molecular flexibility index (Phi) is 3.22. The summed E-state index contributed by atoms with van der Waals surface area (Å²) in [6, 6.07) is 5.92. The second kappa shape index (κ2) is 5.44. The topological polar surface area (TPSA) is 67.0 Å². The smallest absolute Gasteiger partial charge is 0.194 e. The second-order valence-electron chi connectivity index (χ2n) is 6.97. The van der Waals surface area contributed by atoms with Gasteiger partial charge in [0.25, 0.3) is 0 Å².